The maximum atomic E-state index is 13.4. The summed E-state index contributed by atoms with van der Waals surface area (Å²) < 4.78 is 2.39. The molecule has 27 heavy (non-hydrogen) atoms. The zero-order valence-electron chi connectivity index (χ0n) is 16.5. The first kappa shape index (κ1) is 17.3. The Balaban J connectivity index is 1.32. The molecule has 3 aliphatic heterocycles. The van der Waals surface area contributed by atoms with E-state index in [2.05, 4.69) is 63.6 Å². The Kier molecular flexibility index (Phi) is 4.25. The Labute approximate surface area is 161 Å². The quantitative estimate of drug-likeness (QED) is 0.835. The molecule has 5 nitrogen and oxygen atoms in total. The molecule has 144 valence electrons. The molecule has 0 bridgehead atoms. The fraction of sp³-hybridized carbons (Fsp3) is 0.591. The molecule has 2 saturated heterocycles. The Morgan fingerprint density at radius 1 is 1.11 bits per heavy atom. The summed E-state index contributed by atoms with van der Waals surface area (Å²) in [6.45, 7) is 9.20. The number of aromatic nitrogens is 1. The summed E-state index contributed by atoms with van der Waals surface area (Å²) in [5, 5.41) is 1.28. The molecule has 4 heterocycles. The van der Waals surface area contributed by atoms with Crippen LogP contribution in [0.25, 0.3) is 10.9 Å². The van der Waals surface area contributed by atoms with E-state index in [1.807, 2.05) is 0 Å². The molecule has 1 amide bonds. The van der Waals surface area contributed by atoms with Crippen molar-refractivity contribution in [2.75, 3.05) is 39.8 Å². The third-order valence-electron chi connectivity index (χ3n) is 6.96. The topological polar surface area (TPSA) is 31.7 Å². The number of hydrogen-bond acceptors (Lipinski definition) is 3. The SMILES string of the molecule is CCC(C(=O)N1CCn2c(cc3ccccc32)C1)N1C[C@H]2CN(C)C[C@H]2C1. The van der Waals surface area contributed by atoms with Gasteiger partial charge in [0.25, 0.3) is 0 Å². The van der Waals surface area contributed by atoms with Crippen molar-refractivity contribution in [3.05, 3.63) is 36.0 Å². The van der Waals surface area contributed by atoms with E-state index >= 15 is 0 Å². The lowest BCUT2D eigenvalue weighted by molar-refractivity contribution is -0.138. The van der Waals surface area contributed by atoms with Crippen LogP contribution >= 0.6 is 0 Å². The van der Waals surface area contributed by atoms with Crippen molar-refractivity contribution in [3.8, 4) is 0 Å². The highest BCUT2D eigenvalue weighted by Crippen LogP contribution is 2.33. The summed E-state index contributed by atoms with van der Waals surface area (Å²) in [5.41, 5.74) is 2.56. The molecule has 2 fully saturated rings. The van der Waals surface area contributed by atoms with Crippen LogP contribution in [0.15, 0.2) is 30.3 Å². The maximum absolute atomic E-state index is 13.4. The largest absolute Gasteiger partial charge is 0.341 e. The molecule has 1 unspecified atom stereocenters. The summed E-state index contributed by atoms with van der Waals surface area (Å²) in [4.78, 5) is 20.4. The van der Waals surface area contributed by atoms with E-state index in [0.717, 1.165) is 51.0 Å². The number of fused-ring (bicyclic) bond motifs is 4. The number of benzene rings is 1. The summed E-state index contributed by atoms with van der Waals surface area (Å²) >= 11 is 0. The molecule has 0 radical (unpaired) electrons. The van der Waals surface area contributed by atoms with Crippen LogP contribution in [0.2, 0.25) is 0 Å². The lowest BCUT2D eigenvalue weighted by Crippen LogP contribution is -2.50. The highest BCUT2D eigenvalue weighted by Gasteiger charge is 2.43. The van der Waals surface area contributed by atoms with Crippen LogP contribution in [0, 0.1) is 11.8 Å². The highest BCUT2D eigenvalue weighted by atomic mass is 16.2. The molecule has 1 aromatic carbocycles. The van der Waals surface area contributed by atoms with E-state index in [1.165, 1.54) is 29.7 Å². The van der Waals surface area contributed by atoms with Crippen LogP contribution in [0.5, 0.6) is 0 Å². The molecule has 0 saturated carbocycles. The number of rotatable bonds is 3. The molecule has 3 atom stereocenters. The van der Waals surface area contributed by atoms with Gasteiger partial charge in [-0.25, -0.2) is 0 Å². The second kappa shape index (κ2) is 6.64. The number of nitrogens with zero attached hydrogens (tertiary/aromatic N) is 4. The van der Waals surface area contributed by atoms with Crippen LogP contribution in [0.4, 0.5) is 0 Å². The van der Waals surface area contributed by atoms with E-state index in [9.17, 15) is 4.79 Å². The standard InChI is InChI=1S/C22H30N4O/c1-3-20(25-13-17-11-23(2)12-18(17)14-25)22(27)24-8-9-26-19(15-24)10-16-6-4-5-7-21(16)26/h4-7,10,17-18,20H,3,8-9,11-15H2,1-2H3/t17-,18+,20?. The molecule has 1 aromatic heterocycles. The summed E-state index contributed by atoms with van der Waals surface area (Å²) in [5.74, 6) is 1.84. The zero-order valence-corrected chi connectivity index (χ0v) is 16.5. The number of likely N-dealkylation sites (tertiary alicyclic amines) is 2. The average molecular weight is 367 g/mol. The first-order valence-corrected chi connectivity index (χ1v) is 10.4. The van der Waals surface area contributed by atoms with Crippen molar-refractivity contribution < 1.29 is 4.79 Å². The van der Waals surface area contributed by atoms with Gasteiger partial charge in [0.05, 0.1) is 12.6 Å². The Hall–Kier alpha value is -1.85. The van der Waals surface area contributed by atoms with Gasteiger partial charge in [-0.2, -0.15) is 0 Å². The predicted molar refractivity (Wildman–Crippen MR) is 107 cm³/mol. The Morgan fingerprint density at radius 3 is 2.59 bits per heavy atom. The lowest BCUT2D eigenvalue weighted by atomic mass is 10.0. The molecule has 5 heteroatoms. The van der Waals surface area contributed by atoms with Crippen LogP contribution in [-0.4, -0.2) is 71.0 Å². The molecule has 0 aliphatic carbocycles. The van der Waals surface area contributed by atoms with Crippen LogP contribution in [0.1, 0.15) is 19.0 Å². The van der Waals surface area contributed by atoms with Crippen molar-refractivity contribution >= 4 is 16.8 Å². The van der Waals surface area contributed by atoms with Gasteiger partial charge < -0.3 is 14.4 Å². The van der Waals surface area contributed by atoms with Gasteiger partial charge >= 0.3 is 0 Å². The molecular weight excluding hydrogens is 336 g/mol. The van der Waals surface area contributed by atoms with Crippen LogP contribution < -0.4 is 0 Å². The molecule has 0 spiro atoms. The van der Waals surface area contributed by atoms with Crippen molar-refractivity contribution in [1.29, 1.82) is 0 Å². The zero-order chi connectivity index (χ0) is 18.5. The normalized spacial score (nSPS) is 27.1. The van der Waals surface area contributed by atoms with Gasteiger partial charge in [-0.15, -0.1) is 0 Å². The van der Waals surface area contributed by atoms with Crippen molar-refractivity contribution in [2.45, 2.75) is 32.5 Å². The maximum Gasteiger partial charge on any atom is 0.240 e. The lowest BCUT2D eigenvalue weighted by Gasteiger charge is -2.35. The van der Waals surface area contributed by atoms with Crippen molar-refractivity contribution in [2.24, 2.45) is 11.8 Å². The van der Waals surface area contributed by atoms with E-state index in [1.54, 1.807) is 0 Å². The van der Waals surface area contributed by atoms with Crippen molar-refractivity contribution in [3.63, 3.8) is 0 Å². The second-order valence-corrected chi connectivity index (χ2v) is 8.73. The molecule has 3 aliphatic rings. The molecule has 5 rings (SSSR count). The third kappa shape index (κ3) is 2.88. The monoisotopic (exact) mass is 366 g/mol. The first-order chi connectivity index (χ1) is 13.1. The van der Waals surface area contributed by atoms with Crippen LogP contribution in [0.3, 0.4) is 0 Å². The Bertz CT molecular complexity index is 845. The molecule has 0 N–H and O–H groups in total. The second-order valence-electron chi connectivity index (χ2n) is 8.73. The van der Waals surface area contributed by atoms with Gasteiger partial charge in [0.2, 0.25) is 5.91 Å². The highest BCUT2D eigenvalue weighted by molar-refractivity contribution is 5.84. The van der Waals surface area contributed by atoms with E-state index in [4.69, 9.17) is 0 Å². The van der Waals surface area contributed by atoms with Crippen molar-refractivity contribution in [1.82, 2.24) is 19.3 Å². The average Bonchev–Trinajstić information content (AvgIpc) is 3.32. The van der Waals surface area contributed by atoms with Gasteiger partial charge in [0.1, 0.15) is 0 Å². The minimum absolute atomic E-state index is 0.0526. The fourth-order valence-electron chi connectivity index (χ4n) is 5.66. The van der Waals surface area contributed by atoms with E-state index in [-0.39, 0.29) is 6.04 Å². The molecular formula is C22H30N4O. The van der Waals surface area contributed by atoms with Gasteiger partial charge in [-0.3, -0.25) is 9.69 Å². The third-order valence-corrected chi connectivity index (χ3v) is 6.96. The number of amides is 1. The van der Waals surface area contributed by atoms with Gasteiger partial charge in [-0.1, -0.05) is 25.1 Å². The van der Waals surface area contributed by atoms with Crippen LogP contribution in [-0.2, 0) is 17.9 Å². The van der Waals surface area contributed by atoms with Gasteiger partial charge in [-0.05, 0) is 42.8 Å². The van der Waals surface area contributed by atoms with Gasteiger partial charge in [0.15, 0.2) is 0 Å². The van der Waals surface area contributed by atoms with E-state index in [0.29, 0.717) is 5.91 Å². The van der Waals surface area contributed by atoms with E-state index < -0.39 is 0 Å². The van der Waals surface area contributed by atoms with Gasteiger partial charge in [0, 0.05) is 50.5 Å². The minimum atomic E-state index is 0.0526. The minimum Gasteiger partial charge on any atom is -0.341 e. The number of carbonyl (C=O) groups excluding carboxylic acids is 1. The summed E-state index contributed by atoms with van der Waals surface area (Å²) in [6.07, 6.45) is 0.910. The number of hydrogen-bond donors (Lipinski definition) is 0. The number of carbonyl (C=O) groups is 1. The summed E-state index contributed by atoms with van der Waals surface area (Å²) in [7, 11) is 2.22. The smallest absolute Gasteiger partial charge is 0.240 e. The Morgan fingerprint density at radius 2 is 1.85 bits per heavy atom. The summed E-state index contributed by atoms with van der Waals surface area (Å²) in [6, 6.07) is 10.9. The molecule has 2 aromatic rings. The first-order valence-electron chi connectivity index (χ1n) is 10.4. The predicted octanol–water partition coefficient (Wildman–Crippen LogP) is 2.26. The number of para-hydroxylation sites is 1. The fourth-order valence-corrected chi connectivity index (χ4v) is 5.66.